The van der Waals surface area contributed by atoms with E-state index in [2.05, 4.69) is 0 Å². The van der Waals surface area contributed by atoms with Crippen LogP contribution in [0.5, 0.6) is 0 Å². The van der Waals surface area contributed by atoms with Crippen molar-refractivity contribution in [2.24, 2.45) is 0 Å². The average molecular weight is 286 g/mol. The molecule has 0 aliphatic rings. The molecule has 0 amide bonds. The summed E-state index contributed by atoms with van der Waals surface area (Å²) in [4.78, 5) is 10.5. The summed E-state index contributed by atoms with van der Waals surface area (Å²) in [6.45, 7) is 0. The van der Waals surface area contributed by atoms with Crippen LogP contribution in [0.2, 0.25) is 0 Å². The third-order valence-electron chi connectivity index (χ3n) is 1.31. The molecule has 0 saturated carbocycles. The van der Waals surface area contributed by atoms with Crippen LogP contribution in [0.1, 0.15) is 9.49 Å². The molecule has 1 aromatic carbocycles. The first kappa shape index (κ1) is 12.4. The summed E-state index contributed by atoms with van der Waals surface area (Å²) in [6, 6.07) is 9.17. The van der Waals surface area contributed by atoms with Crippen LogP contribution in [-0.4, -0.2) is 40.6 Å². The van der Waals surface area contributed by atoms with Gasteiger partial charge < -0.3 is 5.11 Å². The molecule has 12 heavy (non-hydrogen) atoms. The number of benzene rings is 1. The number of hydrogen-bond donors (Lipinski definition) is 1. The molecule has 0 radical (unpaired) electrons. The van der Waals surface area contributed by atoms with Crippen molar-refractivity contribution in [3.05, 3.63) is 35.9 Å². The van der Waals surface area contributed by atoms with Crippen LogP contribution in [0.15, 0.2) is 30.3 Å². The summed E-state index contributed by atoms with van der Waals surface area (Å²) >= 11 is 1.90. The van der Waals surface area contributed by atoms with Crippen molar-refractivity contribution in [1.82, 2.24) is 0 Å². The van der Waals surface area contributed by atoms with Crippen molar-refractivity contribution in [2.45, 2.75) is 3.92 Å². The summed E-state index contributed by atoms with van der Waals surface area (Å²) in [6.07, 6.45) is 0. The van der Waals surface area contributed by atoms with Gasteiger partial charge in [-0.05, 0) is 5.56 Å². The van der Waals surface area contributed by atoms with Gasteiger partial charge in [-0.2, -0.15) is 0 Å². The predicted molar refractivity (Wildman–Crippen MR) is 58.0 cm³/mol. The van der Waals surface area contributed by atoms with Crippen molar-refractivity contribution in [3.63, 3.8) is 0 Å². The summed E-state index contributed by atoms with van der Waals surface area (Å²) in [5, 5.41) is 8.63. The van der Waals surface area contributed by atoms with E-state index in [9.17, 15) is 4.79 Å². The van der Waals surface area contributed by atoms with Gasteiger partial charge in [-0.3, -0.25) is 4.79 Å². The van der Waals surface area contributed by atoms with Crippen LogP contribution in [0, 0.1) is 0 Å². The van der Waals surface area contributed by atoms with Gasteiger partial charge in [0.15, 0.2) is 0 Å². The minimum absolute atomic E-state index is 0. The molecule has 2 nitrogen and oxygen atoms in total. The van der Waals surface area contributed by atoms with E-state index in [1.807, 2.05) is 52.9 Å². The van der Waals surface area contributed by atoms with Gasteiger partial charge in [0.25, 0.3) is 0 Å². The summed E-state index contributed by atoms with van der Waals surface area (Å²) in [5.41, 5.74) is 0.834. The standard InChI is InChI=1S/C8H7IO2.Na.H/c9-7(8(10)11)6-4-2-1-3-5-6;;/h1-5,7H,(H,10,11);;. The molecule has 0 spiro atoms. The van der Waals surface area contributed by atoms with E-state index in [-0.39, 0.29) is 29.6 Å². The predicted octanol–water partition coefficient (Wildman–Crippen LogP) is 1.60. The van der Waals surface area contributed by atoms with Gasteiger partial charge in [0.2, 0.25) is 0 Å². The average Bonchev–Trinajstić information content (AvgIpc) is 2.05. The van der Waals surface area contributed by atoms with Crippen LogP contribution < -0.4 is 0 Å². The maximum absolute atomic E-state index is 10.5. The summed E-state index contributed by atoms with van der Waals surface area (Å²) in [5.74, 6) is -0.795. The molecule has 0 fully saturated rings. The Bertz CT molecular complexity index is 250. The van der Waals surface area contributed by atoms with E-state index in [0.29, 0.717) is 0 Å². The second-order valence-corrected chi connectivity index (χ2v) is 3.36. The number of carboxylic acids is 1. The Labute approximate surface area is 107 Å². The molecular formula is C8H8INaO2. The molecule has 1 aromatic rings. The van der Waals surface area contributed by atoms with Crippen LogP contribution in [0.4, 0.5) is 0 Å². The SMILES string of the molecule is O=C(O)C(I)c1ccccc1.[NaH]. The first-order chi connectivity index (χ1) is 5.22. The Morgan fingerprint density at radius 2 is 1.83 bits per heavy atom. The van der Waals surface area contributed by atoms with E-state index in [4.69, 9.17) is 5.11 Å². The third kappa shape index (κ3) is 3.43. The van der Waals surface area contributed by atoms with Crippen molar-refractivity contribution in [1.29, 1.82) is 0 Å². The summed E-state index contributed by atoms with van der Waals surface area (Å²) in [7, 11) is 0. The van der Waals surface area contributed by atoms with Crippen LogP contribution in [0.3, 0.4) is 0 Å². The molecule has 4 heteroatoms. The van der Waals surface area contributed by atoms with E-state index < -0.39 is 9.89 Å². The second-order valence-electron chi connectivity index (χ2n) is 2.11. The van der Waals surface area contributed by atoms with Crippen molar-refractivity contribution in [2.75, 3.05) is 0 Å². The van der Waals surface area contributed by atoms with Crippen molar-refractivity contribution >= 4 is 58.1 Å². The van der Waals surface area contributed by atoms with Gasteiger partial charge in [-0.1, -0.05) is 52.9 Å². The fourth-order valence-corrected chi connectivity index (χ4v) is 1.18. The van der Waals surface area contributed by atoms with E-state index >= 15 is 0 Å². The molecular weight excluding hydrogens is 278 g/mol. The van der Waals surface area contributed by atoms with Crippen LogP contribution in [-0.2, 0) is 4.79 Å². The number of rotatable bonds is 2. The van der Waals surface area contributed by atoms with Gasteiger partial charge in [-0.15, -0.1) is 0 Å². The van der Waals surface area contributed by atoms with Gasteiger partial charge >= 0.3 is 35.5 Å². The van der Waals surface area contributed by atoms with E-state index in [1.165, 1.54) is 0 Å². The quantitative estimate of drug-likeness (QED) is 0.509. The van der Waals surface area contributed by atoms with Gasteiger partial charge in [0, 0.05) is 0 Å². The number of aliphatic carboxylic acids is 1. The number of halogens is 1. The first-order valence-electron chi connectivity index (χ1n) is 3.13. The topological polar surface area (TPSA) is 37.3 Å². The molecule has 1 unspecified atom stereocenters. The molecule has 1 N–H and O–H groups in total. The molecule has 1 rings (SSSR count). The Morgan fingerprint density at radius 3 is 2.25 bits per heavy atom. The number of alkyl halides is 1. The zero-order valence-corrected chi connectivity index (χ0v) is 7.86. The Hall–Kier alpha value is 0.420. The first-order valence-corrected chi connectivity index (χ1v) is 4.38. The van der Waals surface area contributed by atoms with Crippen LogP contribution in [0.25, 0.3) is 0 Å². The van der Waals surface area contributed by atoms with E-state index in [0.717, 1.165) is 5.56 Å². The zero-order chi connectivity index (χ0) is 8.27. The molecule has 1 atom stereocenters. The van der Waals surface area contributed by atoms with Crippen molar-refractivity contribution in [3.8, 4) is 0 Å². The van der Waals surface area contributed by atoms with Crippen molar-refractivity contribution < 1.29 is 9.90 Å². The Kier molecular flexibility index (Phi) is 6.17. The van der Waals surface area contributed by atoms with Crippen LogP contribution >= 0.6 is 22.6 Å². The Morgan fingerprint density at radius 1 is 1.33 bits per heavy atom. The Balaban J connectivity index is 0.00000121. The molecule has 0 bridgehead atoms. The fourth-order valence-electron chi connectivity index (χ4n) is 0.765. The van der Waals surface area contributed by atoms with Gasteiger partial charge in [-0.25, -0.2) is 0 Å². The van der Waals surface area contributed by atoms with Gasteiger partial charge in [0.05, 0.1) is 0 Å². The van der Waals surface area contributed by atoms with Gasteiger partial charge in [0.1, 0.15) is 3.92 Å². The number of carbonyl (C=O) groups is 1. The normalized spacial score (nSPS) is 11.4. The molecule has 0 saturated heterocycles. The number of carboxylic acid groups (broad SMARTS) is 1. The fraction of sp³-hybridized carbons (Fsp3) is 0.125. The third-order valence-corrected chi connectivity index (χ3v) is 2.56. The zero-order valence-electron chi connectivity index (χ0n) is 5.70. The monoisotopic (exact) mass is 286 g/mol. The molecule has 60 valence electrons. The molecule has 0 aliphatic heterocycles. The molecule has 0 aromatic heterocycles. The summed E-state index contributed by atoms with van der Waals surface area (Å²) < 4.78 is -0.436. The second kappa shape index (κ2) is 5.96. The molecule has 0 heterocycles. The molecule has 0 aliphatic carbocycles. The maximum atomic E-state index is 10.5. The van der Waals surface area contributed by atoms with E-state index in [1.54, 1.807) is 0 Å². The number of hydrogen-bond acceptors (Lipinski definition) is 1. The minimum atomic E-state index is -0.795.